The van der Waals surface area contributed by atoms with E-state index in [0.29, 0.717) is 18.9 Å². The first-order valence-corrected chi connectivity index (χ1v) is 8.13. The van der Waals surface area contributed by atoms with E-state index in [9.17, 15) is 0 Å². The van der Waals surface area contributed by atoms with E-state index < -0.39 is 8.32 Å². The largest absolute Gasteiger partial charge is 0.428 e. The Balaban J connectivity index is 2.37. The number of rotatable bonds is 4. The molecule has 0 radical (unpaired) electrons. The molecule has 0 N–H and O–H groups in total. The predicted molar refractivity (Wildman–Crippen MR) is 61.2 cm³/mol. The van der Waals surface area contributed by atoms with Crippen molar-refractivity contribution in [3.8, 4) is 0 Å². The summed E-state index contributed by atoms with van der Waals surface area (Å²) in [6.07, 6.45) is 2.05. The summed E-state index contributed by atoms with van der Waals surface area (Å²) in [7, 11) is -1.63. The third-order valence-electron chi connectivity index (χ3n) is 2.99. The van der Waals surface area contributed by atoms with E-state index >= 15 is 0 Å². The molecule has 86 valence electrons. The molecule has 0 aromatic carbocycles. The maximum absolute atomic E-state index is 5.98. The van der Waals surface area contributed by atoms with Gasteiger partial charge in [0.15, 0.2) is 8.32 Å². The molecule has 15 heavy (non-hydrogen) atoms. The maximum atomic E-state index is 5.98. The van der Waals surface area contributed by atoms with Crippen LogP contribution >= 0.6 is 0 Å². The summed E-state index contributed by atoms with van der Waals surface area (Å²) in [5.74, 6) is 0.647. The molecule has 0 amide bonds. The van der Waals surface area contributed by atoms with Gasteiger partial charge in [0.2, 0.25) is 12.3 Å². The third-order valence-corrected chi connectivity index (χ3v) is 7.53. The summed E-state index contributed by atoms with van der Waals surface area (Å²) in [4.78, 5) is 0. The Labute approximate surface area is 92.2 Å². The van der Waals surface area contributed by atoms with Gasteiger partial charge in [0.25, 0.3) is 0 Å². The second-order valence-electron chi connectivity index (χ2n) is 5.19. The predicted octanol–water partition coefficient (Wildman–Crippen LogP) is 2.63. The van der Waals surface area contributed by atoms with Crippen LogP contribution in [0, 0.1) is 0 Å². The maximum Gasteiger partial charge on any atom is 0.218 e. The summed E-state index contributed by atoms with van der Waals surface area (Å²) in [6.45, 7) is 11.8. The van der Waals surface area contributed by atoms with Gasteiger partial charge in [-0.05, 0) is 18.1 Å². The highest BCUT2D eigenvalue weighted by Gasteiger charge is 2.36. The van der Waals surface area contributed by atoms with Crippen molar-refractivity contribution in [3.05, 3.63) is 12.3 Å². The van der Waals surface area contributed by atoms with Crippen LogP contribution in [0.25, 0.3) is 0 Å². The van der Waals surface area contributed by atoms with Gasteiger partial charge >= 0.3 is 0 Å². The van der Waals surface area contributed by atoms with E-state index in [-0.39, 0.29) is 5.04 Å². The van der Waals surface area contributed by atoms with Crippen LogP contribution in [0.3, 0.4) is 0 Å². The van der Waals surface area contributed by atoms with E-state index in [2.05, 4.69) is 44.1 Å². The van der Waals surface area contributed by atoms with E-state index in [4.69, 9.17) is 8.84 Å². The van der Waals surface area contributed by atoms with Crippen LogP contribution in [-0.4, -0.2) is 25.1 Å². The van der Waals surface area contributed by atoms with Crippen molar-refractivity contribution in [1.29, 1.82) is 0 Å². The van der Waals surface area contributed by atoms with Gasteiger partial charge in [-0.1, -0.05) is 20.8 Å². The van der Waals surface area contributed by atoms with Gasteiger partial charge in [-0.15, -0.1) is 10.2 Å². The number of nitrogens with zero attached hydrogens (tertiary/aromatic N) is 2. The monoisotopic (exact) mass is 228 g/mol. The normalized spacial score (nSPS) is 13.1. The number of hydrogen-bond donors (Lipinski definition) is 0. The molecule has 1 rings (SSSR count). The fourth-order valence-corrected chi connectivity index (χ4v) is 1.96. The van der Waals surface area contributed by atoms with Gasteiger partial charge in [0.05, 0.1) is 0 Å². The zero-order valence-electron chi connectivity index (χ0n) is 10.2. The molecule has 0 spiro atoms. The lowest BCUT2D eigenvalue weighted by molar-refractivity contribution is 0.279. The van der Waals surface area contributed by atoms with Crippen LogP contribution in [0.15, 0.2) is 10.8 Å². The van der Waals surface area contributed by atoms with Gasteiger partial charge < -0.3 is 8.84 Å². The standard InChI is InChI=1S/C10H20N2O2Si/c1-10(2,3)15(4,5)14-7-6-9-12-11-8-13-9/h8H,6-7H2,1-5H3. The Kier molecular flexibility index (Phi) is 3.67. The van der Waals surface area contributed by atoms with Crippen molar-refractivity contribution in [3.63, 3.8) is 0 Å². The molecule has 0 aliphatic heterocycles. The van der Waals surface area contributed by atoms with Crippen molar-refractivity contribution >= 4 is 8.32 Å². The highest BCUT2D eigenvalue weighted by atomic mass is 28.4. The molecule has 1 aromatic rings. The molecule has 1 aromatic heterocycles. The summed E-state index contributed by atoms with van der Waals surface area (Å²) >= 11 is 0. The fraction of sp³-hybridized carbons (Fsp3) is 0.800. The van der Waals surface area contributed by atoms with Crippen LogP contribution in [0.2, 0.25) is 18.1 Å². The fourth-order valence-electron chi connectivity index (χ4n) is 0.915. The van der Waals surface area contributed by atoms with Gasteiger partial charge in [-0.25, -0.2) is 0 Å². The molecule has 0 saturated heterocycles. The Morgan fingerprint density at radius 2 is 2.07 bits per heavy atom. The summed E-state index contributed by atoms with van der Waals surface area (Å²) in [5.41, 5.74) is 0. The molecular weight excluding hydrogens is 208 g/mol. The smallest absolute Gasteiger partial charge is 0.218 e. The first-order chi connectivity index (χ1) is 6.83. The second kappa shape index (κ2) is 4.45. The molecule has 0 unspecified atom stereocenters. The van der Waals surface area contributed by atoms with Crippen LogP contribution in [0.5, 0.6) is 0 Å². The lowest BCUT2D eigenvalue weighted by Gasteiger charge is -2.36. The highest BCUT2D eigenvalue weighted by Crippen LogP contribution is 2.36. The van der Waals surface area contributed by atoms with Crippen molar-refractivity contribution in [2.45, 2.75) is 45.3 Å². The lowest BCUT2D eigenvalue weighted by Crippen LogP contribution is -2.41. The average Bonchev–Trinajstić information content (AvgIpc) is 2.54. The minimum Gasteiger partial charge on any atom is -0.428 e. The highest BCUT2D eigenvalue weighted by molar-refractivity contribution is 6.74. The van der Waals surface area contributed by atoms with Crippen LogP contribution in [0.4, 0.5) is 0 Å². The Hall–Kier alpha value is -0.683. The number of aromatic nitrogens is 2. The molecule has 4 nitrogen and oxygen atoms in total. The topological polar surface area (TPSA) is 48.2 Å². The van der Waals surface area contributed by atoms with Gasteiger partial charge in [0, 0.05) is 13.0 Å². The Morgan fingerprint density at radius 3 is 2.53 bits per heavy atom. The minimum atomic E-state index is -1.63. The molecule has 5 heteroatoms. The Bertz CT molecular complexity index is 291. The Morgan fingerprint density at radius 1 is 1.40 bits per heavy atom. The first kappa shape index (κ1) is 12.4. The molecule has 1 heterocycles. The molecule has 0 aliphatic carbocycles. The number of hydrogen-bond acceptors (Lipinski definition) is 4. The summed E-state index contributed by atoms with van der Waals surface area (Å²) < 4.78 is 11.0. The second-order valence-corrected chi connectivity index (χ2v) is 10.0. The van der Waals surface area contributed by atoms with Crippen molar-refractivity contribution in [2.24, 2.45) is 0 Å². The van der Waals surface area contributed by atoms with E-state index in [1.807, 2.05) is 0 Å². The van der Waals surface area contributed by atoms with Gasteiger partial charge in [-0.2, -0.15) is 0 Å². The van der Waals surface area contributed by atoms with E-state index in [1.165, 1.54) is 6.39 Å². The zero-order chi connectivity index (χ0) is 11.5. The molecule has 0 atom stereocenters. The molecule has 0 aliphatic rings. The minimum absolute atomic E-state index is 0.252. The van der Waals surface area contributed by atoms with E-state index in [1.54, 1.807) is 0 Å². The third kappa shape index (κ3) is 3.42. The quantitative estimate of drug-likeness (QED) is 0.743. The van der Waals surface area contributed by atoms with Gasteiger partial charge in [0.1, 0.15) is 0 Å². The molecule has 0 fully saturated rings. The van der Waals surface area contributed by atoms with Crippen molar-refractivity contribution in [1.82, 2.24) is 10.2 Å². The molecule has 0 bridgehead atoms. The van der Waals surface area contributed by atoms with Crippen LogP contribution in [-0.2, 0) is 10.8 Å². The zero-order valence-corrected chi connectivity index (χ0v) is 11.2. The lowest BCUT2D eigenvalue weighted by atomic mass is 10.2. The van der Waals surface area contributed by atoms with Crippen LogP contribution in [0.1, 0.15) is 26.7 Å². The molecule has 0 saturated carbocycles. The SMILES string of the molecule is CC(C)(C)[Si](C)(C)OCCc1nnco1. The molecular formula is C10H20N2O2Si. The summed E-state index contributed by atoms with van der Waals surface area (Å²) in [5, 5.41) is 7.69. The van der Waals surface area contributed by atoms with Crippen molar-refractivity contribution in [2.75, 3.05) is 6.61 Å². The average molecular weight is 228 g/mol. The summed E-state index contributed by atoms with van der Waals surface area (Å²) in [6, 6.07) is 0. The van der Waals surface area contributed by atoms with Crippen LogP contribution < -0.4 is 0 Å². The van der Waals surface area contributed by atoms with E-state index in [0.717, 1.165) is 0 Å². The first-order valence-electron chi connectivity index (χ1n) is 5.22. The van der Waals surface area contributed by atoms with Gasteiger partial charge in [-0.3, -0.25) is 0 Å². The van der Waals surface area contributed by atoms with Crippen molar-refractivity contribution < 1.29 is 8.84 Å².